The van der Waals surface area contributed by atoms with Gasteiger partial charge in [-0.15, -0.1) is 0 Å². The molecule has 2 heterocycles. The minimum Gasteiger partial charge on any atom is -0.394 e. The number of nitrogens with zero attached hydrogens (tertiary/aromatic N) is 2. The van der Waals surface area contributed by atoms with Crippen LogP contribution >= 0.6 is 11.3 Å². The minimum atomic E-state index is -4.82. The molecule has 2 N–H and O–H groups in total. The molecule has 3 rings (SSSR count). The monoisotopic (exact) mass is 450 g/mol. The number of aliphatic hydroxyl groups excluding tert-OH is 1. The van der Waals surface area contributed by atoms with E-state index in [0.717, 1.165) is 0 Å². The Morgan fingerprint density at radius 3 is 2.34 bits per heavy atom. The molecule has 11 heteroatoms. The first-order valence-corrected chi connectivity index (χ1v) is 11.2. The van der Waals surface area contributed by atoms with E-state index in [2.05, 4.69) is 0 Å². The van der Waals surface area contributed by atoms with E-state index in [1.54, 1.807) is 15.7 Å². The van der Waals surface area contributed by atoms with Gasteiger partial charge in [-0.3, -0.25) is 0 Å². The van der Waals surface area contributed by atoms with Gasteiger partial charge in [-0.1, -0.05) is 12.1 Å². The zero-order valence-corrected chi connectivity index (χ0v) is 17.1. The third-order valence-electron chi connectivity index (χ3n) is 5.10. The van der Waals surface area contributed by atoms with E-state index in [1.807, 2.05) is 0 Å². The Balaban J connectivity index is 1.79. The van der Waals surface area contributed by atoms with Crippen LogP contribution in [0.1, 0.15) is 12.5 Å². The molecule has 160 valence electrons. The van der Waals surface area contributed by atoms with Gasteiger partial charge in [0.1, 0.15) is 0 Å². The number of hydrogen-bond acceptors (Lipinski definition) is 6. The molecule has 0 radical (unpaired) electrons. The Labute approximate surface area is 170 Å². The average Bonchev–Trinajstić information content (AvgIpc) is 3.22. The number of anilines is 1. The summed E-state index contributed by atoms with van der Waals surface area (Å²) in [6.45, 7) is 0.862. The van der Waals surface area contributed by atoms with Crippen molar-refractivity contribution in [2.24, 2.45) is 0 Å². The predicted molar refractivity (Wildman–Crippen MR) is 103 cm³/mol. The molecule has 1 aliphatic heterocycles. The van der Waals surface area contributed by atoms with Crippen LogP contribution in [0.4, 0.5) is 18.9 Å². The van der Waals surface area contributed by atoms with Crippen LogP contribution < -0.4 is 4.90 Å². The highest BCUT2D eigenvalue weighted by atomic mass is 32.2. The topological polar surface area (TPSA) is 81.1 Å². The van der Waals surface area contributed by atoms with Crippen molar-refractivity contribution < 1.29 is 31.8 Å². The second-order valence-electron chi connectivity index (χ2n) is 6.97. The predicted octanol–water partition coefficient (Wildman–Crippen LogP) is 2.39. The smallest absolute Gasteiger partial charge is 0.394 e. The van der Waals surface area contributed by atoms with Crippen LogP contribution in [0, 0.1) is 0 Å². The fourth-order valence-corrected chi connectivity index (χ4v) is 5.71. The Morgan fingerprint density at radius 1 is 1.17 bits per heavy atom. The summed E-state index contributed by atoms with van der Waals surface area (Å²) in [6.07, 6.45) is -4.82. The number of halogens is 3. The number of benzene rings is 1. The Bertz CT molecular complexity index is 929. The van der Waals surface area contributed by atoms with E-state index < -0.39 is 27.8 Å². The molecule has 0 spiro atoms. The maximum absolute atomic E-state index is 13.0. The molecule has 6 nitrogen and oxygen atoms in total. The second-order valence-corrected chi connectivity index (χ2v) is 9.69. The van der Waals surface area contributed by atoms with E-state index in [4.69, 9.17) is 0 Å². The van der Waals surface area contributed by atoms with Gasteiger partial charge in [0.05, 0.1) is 17.5 Å². The molecule has 2 aromatic rings. The van der Waals surface area contributed by atoms with Crippen LogP contribution in [0.3, 0.4) is 0 Å². The first kappa shape index (κ1) is 22.0. The van der Waals surface area contributed by atoms with Crippen LogP contribution in [0.2, 0.25) is 0 Å². The molecule has 1 fully saturated rings. The van der Waals surface area contributed by atoms with Crippen molar-refractivity contribution in [1.29, 1.82) is 0 Å². The first-order valence-electron chi connectivity index (χ1n) is 8.78. The third kappa shape index (κ3) is 4.15. The van der Waals surface area contributed by atoms with Crippen molar-refractivity contribution in [3.05, 3.63) is 46.7 Å². The molecular formula is C18H21F3N2O4S2. The highest BCUT2D eigenvalue weighted by molar-refractivity contribution is 7.89. The van der Waals surface area contributed by atoms with Gasteiger partial charge in [0.15, 0.2) is 5.60 Å². The number of rotatable bonds is 5. The second kappa shape index (κ2) is 7.88. The Morgan fingerprint density at radius 2 is 1.83 bits per heavy atom. The molecule has 1 aromatic heterocycles. The van der Waals surface area contributed by atoms with E-state index in [-0.39, 0.29) is 36.7 Å². The summed E-state index contributed by atoms with van der Waals surface area (Å²) in [5.41, 5.74) is -2.73. The summed E-state index contributed by atoms with van der Waals surface area (Å²) in [6, 6.07) is 6.21. The fraction of sp³-hybridized carbons (Fsp3) is 0.444. The Kier molecular flexibility index (Phi) is 5.98. The van der Waals surface area contributed by atoms with Crippen LogP contribution in [0.5, 0.6) is 0 Å². The molecule has 2 atom stereocenters. The fourth-order valence-electron chi connectivity index (χ4n) is 3.23. The first-order chi connectivity index (χ1) is 13.5. The van der Waals surface area contributed by atoms with Gasteiger partial charge in [-0.2, -0.15) is 28.8 Å². The van der Waals surface area contributed by atoms with Gasteiger partial charge in [-0.25, -0.2) is 8.42 Å². The number of sulfonamides is 1. The summed E-state index contributed by atoms with van der Waals surface area (Å²) >= 11 is 1.27. The summed E-state index contributed by atoms with van der Waals surface area (Å²) < 4.78 is 65.7. The number of aliphatic hydroxyl groups is 2. The van der Waals surface area contributed by atoms with Crippen molar-refractivity contribution in [3.63, 3.8) is 0 Å². The zero-order chi connectivity index (χ0) is 21.4. The lowest BCUT2D eigenvalue weighted by Crippen LogP contribution is -2.56. The molecule has 0 bridgehead atoms. The maximum Gasteiger partial charge on any atom is 0.421 e. The maximum atomic E-state index is 13.0. The lowest BCUT2D eigenvalue weighted by Gasteiger charge is -2.41. The number of alkyl halides is 3. The molecule has 2 unspecified atom stereocenters. The van der Waals surface area contributed by atoms with E-state index in [9.17, 15) is 31.8 Å². The van der Waals surface area contributed by atoms with Gasteiger partial charge >= 0.3 is 6.18 Å². The lowest BCUT2D eigenvalue weighted by molar-refractivity contribution is -0.258. The zero-order valence-electron chi connectivity index (χ0n) is 15.5. The largest absolute Gasteiger partial charge is 0.421 e. The van der Waals surface area contributed by atoms with Crippen molar-refractivity contribution in [2.75, 3.05) is 31.1 Å². The van der Waals surface area contributed by atoms with Gasteiger partial charge < -0.3 is 15.1 Å². The normalized spacial score (nSPS) is 21.2. The summed E-state index contributed by atoms with van der Waals surface area (Å²) in [4.78, 5) is 1.96. The average molecular weight is 451 g/mol. The SMILES string of the molecule is CC(O)(c1ccc(N2CCN(S(=O)(=O)c3ccsc3)CC2CO)cc1)C(F)(F)F. The lowest BCUT2D eigenvalue weighted by atomic mass is 9.95. The number of hydrogen-bond donors (Lipinski definition) is 2. The number of piperazine rings is 1. The molecule has 0 amide bonds. The molecule has 1 aromatic carbocycles. The summed E-state index contributed by atoms with van der Waals surface area (Å²) in [5, 5.41) is 22.8. The van der Waals surface area contributed by atoms with Crippen LogP contribution in [-0.2, 0) is 15.6 Å². The quantitative estimate of drug-likeness (QED) is 0.731. The minimum absolute atomic E-state index is 0.0523. The highest BCUT2D eigenvalue weighted by Gasteiger charge is 2.51. The molecule has 1 aliphatic rings. The Hall–Kier alpha value is -1.66. The van der Waals surface area contributed by atoms with Crippen molar-refractivity contribution in [1.82, 2.24) is 4.31 Å². The van der Waals surface area contributed by atoms with Crippen molar-refractivity contribution >= 4 is 27.0 Å². The summed E-state index contributed by atoms with van der Waals surface area (Å²) in [7, 11) is -3.66. The molecule has 29 heavy (non-hydrogen) atoms. The van der Waals surface area contributed by atoms with E-state index in [0.29, 0.717) is 12.6 Å². The van der Waals surface area contributed by atoms with Crippen molar-refractivity contribution in [2.45, 2.75) is 29.6 Å². The van der Waals surface area contributed by atoms with Crippen LogP contribution in [0.15, 0.2) is 46.0 Å². The van der Waals surface area contributed by atoms with Crippen LogP contribution in [-0.4, -0.2) is 61.4 Å². The molecule has 0 saturated carbocycles. The van der Waals surface area contributed by atoms with E-state index in [1.165, 1.54) is 46.0 Å². The molecule has 0 aliphatic carbocycles. The van der Waals surface area contributed by atoms with Gasteiger partial charge in [0, 0.05) is 30.7 Å². The van der Waals surface area contributed by atoms with Crippen LogP contribution in [0.25, 0.3) is 0 Å². The van der Waals surface area contributed by atoms with Gasteiger partial charge in [0.2, 0.25) is 10.0 Å². The van der Waals surface area contributed by atoms with Gasteiger partial charge in [0.25, 0.3) is 0 Å². The highest BCUT2D eigenvalue weighted by Crippen LogP contribution is 2.39. The summed E-state index contributed by atoms with van der Waals surface area (Å²) in [5.74, 6) is 0. The van der Waals surface area contributed by atoms with E-state index >= 15 is 0 Å². The third-order valence-corrected chi connectivity index (χ3v) is 7.80. The molecular weight excluding hydrogens is 429 g/mol. The number of thiophene rings is 1. The van der Waals surface area contributed by atoms with Crippen molar-refractivity contribution in [3.8, 4) is 0 Å². The standard InChI is InChI=1S/C18H21F3N2O4S2/c1-17(25,18(19,20)21)13-2-4-14(5-3-13)23-8-7-22(10-15(23)11-24)29(26,27)16-6-9-28-12-16/h2-6,9,12,15,24-25H,7-8,10-11H2,1H3. The van der Waals surface area contributed by atoms with Gasteiger partial charge in [-0.05, 0) is 36.1 Å². The molecule has 1 saturated heterocycles.